The number of nitrogens with two attached hydrogens (primary N) is 2. The van der Waals surface area contributed by atoms with Crippen LogP contribution in [0.25, 0.3) is 0 Å². The summed E-state index contributed by atoms with van der Waals surface area (Å²) >= 11 is 0. The highest BCUT2D eigenvalue weighted by atomic mass is 16.2. The van der Waals surface area contributed by atoms with E-state index in [2.05, 4.69) is 5.32 Å². The Balaban J connectivity index is 4.58. The molecule has 0 spiro atoms. The summed E-state index contributed by atoms with van der Waals surface area (Å²) in [5.41, 5.74) is 10.8. The highest BCUT2D eigenvalue weighted by Crippen LogP contribution is 2.16. The fraction of sp³-hybridized carbons (Fsp3) is 0.786. The van der Waals surface area contributed by atoms with Crippen LogP contribution >= 0.6 is 0 Å². The van der Waals surface area contributed by atoms with Crippen LogP contribution < -0.4 is 16.8 Å². The van der Waals surface area contributed by atoms with Gasteiger partial charge in [-0.05, 0) is 18.8 Å². The van der Waals surface area contributed by atoms with Gasteiger partial charge in [-0.15, -0.1) is 0 Å². The summed E-state index contributed by atoms with van der Waals surface area (Å²) in [6, 6.07) is -0.733. The topological polar surface area (TPSA) is 115 Å². The van der Waals surface area contributed by atoms with Crippen molar-refractivity contribution in [2.75, 3.05) is 6.54 Å². The van der Waals surface area contributed by atoms with Gasteiger partial charge < -0.3 is 16.8 Å². The number of primary amides is 1. The molecule has 0 rings (SSSR count). The Morgan fingerprint density at radius 1 is 1.20 bits per heavy atom. The van der Waals surface area contributed by atoms with Gasteiger partial charge in [0.15, 0.2) is 5.78 Å². The molecule has 0 unspecified atom stereocenters. The minimum absolute atomic E-state index is 0.0292. The van der Waals surface area contributed by atoms with Crippen molar-refractivity contribution in [1.29, 1.82) is 0 Å². The van der Waals surface area contributed by atoms with E-state index in [-0.39, 0.29) is 30.6 Å². The van der Waals surface area contributed by atoms with E-state index in [0.717, 1.165) is 0 Å². The van der Waals surface area contributed by atoms with Crippen LogP contribution in [0, 0.1) is 11.8 Å². The molecule has 0 saturated carbocycles. The van der Waals surface area contributed by atoms with E-state index in [1.54, 1.807) is 0 Å². The zero-order valence-corrected chi connectivity index (χ0v) is 12.6. The summed E-state index contributed by atoms with van der Waals surface area (Å²) in [4.78, 5) is 35.0. The van der Waals surface area contributed by atoms with Gasteiger partial charge in [0.05, 0.1) is 6.04 Å². The molecular weight excluding hydrogens is 258 g/mol. The normalized spacial score (nSPS) is 13.8. The summed E-state index contributed by atoms with van der Waals surface area (Å²) in [6.07, 6.45) is 1.65. The van der Waals surface area contributed by atoms with Gasteiger partial charge >= 0.3 is 0 Å². The SMILES string of the molecule is CCCC(=O)N[C@@H](CN)C(=O)C[C@@H](CC(C)C)C(N)=O. The van der Waals surface area contributed by atoms with E-state index >= 15 is 0 Å². The van der Waals surface area contributed by atoms with Crippen molar-refractivity contribution in [3.05, 3.63) is 0 Å². The molecule has 20 heavy (non-hydrogen) atoms. The van der Waals surface area contributed by atoms with Crippen molar-refractivity contribution in [3.8, 4) is 0 Å². The number of hydrogen-bond donors (Lipinski definition) is 3. The van der Waals surface area contributed by atoms with Crippen LogP contribution in [0.2, 0.25) is 0 Å². The zero-order chi connectivity index (χ0) is 15.7. The molecule has 0 aromatic heterocycles. The molecule has 0 fully saturated rings. The smallest absolute Gasteiger partial charge is 0.220 e. The molecule has 2 amide bonds. The van der Waals surface area contributed by atoms with Gasteiger partial charge in [-0.2, -0.15) is 0 Å². The fourth-order valence-corrected chi connectivity index (χ4v) is 2.02. The predicted octanol–water partition coefficient (Wildman–Crippen LogP) is 0.337. The van der Waals surface area contributed by atoms with E-state index < -0.39 is 17.9 Å². The summed E-state index contributed by atoms with van der Waals surface area (Å²) in [6.45, 7) is 5.83. The highest BCUT2D eigenvalue weighted by Gasteiger charge is 2.25. The summed E-state index contributed by atoms with van der Waals surface area (Å²) in [5, 5.41) is 2.60. The van der Waals surface area contributed by atoms with E-state index in [0.29, 0.717) is 19.3 Å². The molecule has 2 atom stereocenters. The molecule has 0 aliphatic heterocycles. The van der Waals surface area contributed by atoms with Crippen molar-refractivity contribution in [3.63, 3.8) is 0 Å². The van der Waals surface area contributed by atoms with Gasteiger partial charge in [-0.3, -0.25) is 14.4 Å². The minimum Gasteiger partial charge on any atom is -0.369 e. The van der Waals surface area contributed by atoms with E-state index in [1.807, 2.05) is 20.8 Å². The summed E-state index contributed by atoms with van der Waals surface area (Å²) < 4.78 is 0. The Bertz CT molecular complexity index is 343. The van der Waals surface area contributed by atoms with Gasteiger partial charge in [0.1, 0.15) is 0 Å². The lowest BCUT2D eigenvalue weighted by Crippen LogP contribution is -2.47. The molecule has 0 bridgehead atoms. The Morgan fingerprint density at radius 2 is 1.80 bits per heavy atom. The largest absolute Gasteiger partial charge is 0.369 e. The summed E-state index contributed by atoms with van der Waals surface area (Å²) in [7, 11) is 0. The standard InChI is InChI=1S/C14H27N3O3/c1-4-5-13(19)17-11(8-15)12(18)7-10(14(16)20)6-9(2)3/h9-11H,4-8,15H2,1-3H3,(H2,16,20)(H,17,19)/t10-,11+/m1/s1. The number of Topliss-reactive ketones (excluding diaryl/α,β-unsaturated/α-hetero) is 1. The Morgan fingerprint density at radius 3 is 2.20 bits per heavy atom. The maximum absolute atomic E-state index is 12.1. The molecule has 6 nitrogen and oxygen atoms in total. The lowest BCUT2D eigenvalue weighted by molar-refractivity contribution is -0.130. The number of rotatable bonds is 10. The van der Waals surface area contributed by atoms with Crippen molar-refractivity contribution in [2.24, 2.45) is 23.3 Å². The highest BCUT2D eigenvalue weighted by molar-refractivity contribution is 5.92. The Labute approximate surface area is 120 Å². The van der Waals surface area contributed by atoms with Crippen LogP contribution in [0.5, 0.6) is 0 Å². The van der Waals surface area contributed by atoms with Gasteiger partial charge in [0.2, 0.25) is 11.8 Å². The first-order valence-corrected chi connectivity index (χ1v) is 7.13. The van der Waals surface area contributed by atoms with Gasteiger partial charge in [-0.25, -0.2) is 0 Å². The van der Waals surface area contributed by atoms with Crippen LogP contribution in [-0.4, -0.2) is 30.2 Å². The fourth-order valence-electron chi connectivity index (χ4n) is 2.02. The van der Waals surface area contributed by atoms with Gasteiger partial charge in [-0.1, -0.05) is 20.8 Å². The molecule has 5 N–H and O–H groups in total. The number of hydrogen-bond acceptors (Lipinski definition) is 4. The molecule has 116 valence electrons. The first-order chi connectivity index (χ1) is 9.31. The third-order valence-corrected chi connectivity index (χ3v) is 3.04. The van der Waals surface area contributed by atoms with Crippen LogP contribution in [0.4, 0.5) is 0 Å². The van der Waals surface area contributed by atoms with Crippen molar-refractivity contribution in [2.45, 2.75) is 52.5 Å². The second kappa shape index (κ2) is 9.47. The summed E-state index contributed by atoms with van der Waals surface area (Å²) in [5.74, 6) is -1.15. The van der Waals surface area contributed by atoms with Crippen molar-refractivity contribution in [1.82, 2.24) is 5.32 Å². The number of carbonyl (C=O) groups excluding carboxylic acids is 3. The molecule has 0 radical (unpaired) electrons. The van der Waals surface area contributed by atoms with Crippen LogP contribution in [-0.2, 0) is 14.4 Å². The molecule has 0 aromatic carbocycles. The molecule has 6 heteroatoms. The van der Waals surface area contributed by atoms with Gasteiger partial charge in [0, 0.05) is 25.3 Å². The monoisotopic (exact) mass is 285 g/mol. The predicted molar refractivity (Wildman–Crippen MR) is 77.7 cm³/mol. The molecule has 0 heterocycles. The van der Waals surface area contributed by atoms with Gasteiger partial charge in [0.25, 0.3) is 0 Å². The second-order valence-corrected chi connectivity index (χ2v) is 5.51. The number of nitrogens with one attached hydrogen (secondary N) is 1. The molecule has 0 aromatic rings. The number of amides is 2. The maximum Gasteiger partial charge on any atom is 0.220 e. The Kier molecular flexibility index (Phi) is 8.79. The zero-order valence-electron chi connectivity index (χ0n) is 12.6. The average molecular weight is 285 g/mol. The van der Waals surface area contributed by atoms with Crippen LogP contribution in [0.1, 0.15) is 46.5 Å². The molecule has 0 saturated heterocycles. The van der Waals surface area contributed by atoms with E-state index in [4.69, 9.17) is 11.5 Å². The lowest BCUT2D eigenvalue weighted by atomic mass is 9.90. The Hall–Kier alpha value is -1.43. The number of carbonyl (C=O) groups is 3. The van der Waals surface area contributed by atoms with Crippen molar-refractivity contribution < 1.29 is 14.4 Å². The number of ketones is 1. The molecule has 0 aliphatic carbocycles. The van der Waals surface area contributed by atoms with Crippen LogP contribution in [0.3, 0.4) is 0 Å². The van der Waals surface area contributed by atoms with E-state index in [9.17, 15) is 14.4 Å². The maximum atomic E-state index is 12.1. The first kappa shape index (κ1) is 18.6. The second-order valence-electron chi connectivity index (χ2n) is 5.51. The third kappa shape index (κ3) is 7.23. The third-order valence-electron chi connectivity index (χ3n) is 3.04. The van der Waals surface area contributed by atoms with Crippen LogP contribution in [0.15, 0.2) is 0 Å². The minimum atomic E-state index is -0.733. The average Bonchev–Trinajstić information content (AvgIpc) is 2.34. The molecule has 0 aliphatic rings. The first-order valence-electron chi connectivity index (χ1n) is 7.13. The van der Waals surface area contributed by atoms with Crippen molar-refractivity contribution >= 4 is 17.6 Å². The quantitative estimate of drug-likeness (QED) is 0.536. The lowest BCUT2D eigenvalue weighted by Gasteiger charge is -2.19. The molecular formula is C14H27N3O3. The van der Waals surface area contributed by atoms with E-state index in [1.165, 1.54) is 0 Å².